The maximum absolute atomic E-state index is 13.4. The van der Waals surface area contributed by atoms with Crippen LogP contribution in [0.5, 0.6) is 0 Å². The molecular weight excluding hydrogens is 435 g/mol. The molecule has 3 atom stereocenters. The molecule has 5 rings (SSSR count). The molecule has 0 bridgehead atoms. The molecule has 2 aliphatic heterocycles. The number of carbonyl (C=O) groups is 1. The number of thioether (sulfide) groups is 1. The number of nitrogens with one attached hydrogen (secondary N) is 1. The maximum atomic E-state index is 13.4. The quantitative estimate of drug-likeness (QED) is 0.716. The molecule has 2 fully saturated rings. The van der Waals surface area contributed by atoms with Crippen LogP contribution >= 0.6 is 23.4 Å². The average molecular weight is 459 g/mol. The molecule has 162 valence electrons. The Balaban J connectivity index is 1.38. The molecule has 0 radical (unpaired) electrons. The third-order valence-electron chi connectivity index (χ3n) is 6.32. The van der Waals surface area contributed by atoms with Gasteiger partial charge in [-0.25, -0.2) is 4.39 Å². The first kappa shape index (κ1) is 20.6. The highest BCUT2D eigenvalue weighted by atomic mass is 35.5. The number of fused-ring (bicyclic) bond motifs is 3. The molecule has 2 aromatic carbocycles. The van der Waals surface area contributed by atoms with E-state index in [1.807, 2.05) is 29.2 Å². The number of carbonyl (C=O) groups excluding carboxylic acids is 1. The first-order valence-corrected chi connectivity index (χ1v) is 12.0. The third kappa shape index (κ3) is 4.01. The molecular formula is C23H24ClFN4OS. The summed E-state index contributed by atoms with van der Waals surface area (Å²) in [5.41, 5.74) is 5.17. The summed E-state index contributed by atoms with van der Waals surface area (Å²) in [5.74, 6) is 0.572. The van der Waals surface area contributed by atoms with Gasteiger partial charge in [0.2, 0.25) is 5.91 Å². The lowest BCUT2D eigenvalue weighted by Crippen LogP contribution is -2.66. The van der Waals surface area contributed by atoms with E-state index in [1.165, 1.54) is 12.1 Å². The highest BCUT2D eigenvalue weighted by molar-refractivity contribution is 8.13. The second kappa shape index (κ2) is 8.71. The number of hydrogen-bond acceptors (Lipinski definition) is 5. The van der Waals surface area contributed by atoms with Gasteiger partial charge in [0.1, 0.15) is 5.82 Å². The van der Waals surface area contributed by atoms with E-state index in [0.29, 0.717) is 12.3 Å². The average Bonchev–Trinajstić information content (AvgIpc) is 3.21. The van der Waals surface area contributed by atoms with Crippen molar-refractivity contribution < 1.29 is 9.18 Å². The summed E-state index contributed by atoms with van der Waals surface area (Å²) in [6, 6.07) is 14.4. The lowest BCUT2D eigenvalue weighted by atomic mass is 9.81. The van der Waals surface area contributed by atoms with Crippen molar-refractivity contribution in [3.05, 3.63) is 70.5 Å². The summed E-state index contributed by atoms with van der Waals surface area (Å²) in [6.45, 7) is 0.425. The number of hydrazone groups is 1. The SMILES string of the molecule is O=C1C2CCCCC2N2C(SCc3ccccc3Cl)=NNC2N1Cc1ccc(F)cc1. The zero-order valence-corrected chi connectivity index (χ0v) is 18.6. The van der Waals surface area contributed by atoms with Crippen molar-refractivity contribution in [2.45, 2.75) is 50.3 Å². The number of halogens is 2. The van der Waals surface area contributed by atoms with Crippen LogP contribution in [0.3, 0.4) is 0 Å². The predicted molar refractivity (Wildman–Crippen MR) is 122 cm³/mol. The molecule has 2 heterocycles. The van der Waals surface area contributed by atoms with E-state index in [9.17, 15) is 9.18 Å². The van der Waals surface area contributed by atoms with Gasteiger partial charge in [-0.1, -0.05) is 66.5 Å². The van der Waals surface area contributed by atoms with Crippen LogP contribution < -0.4 is 5.43 Å². The van der Waals surface area contributed by atoms with Crippen molar-refractivity contribution in [3.8, 4) is 0 Å². The molecule has 1 saturated carbocycles. The predicted octanol–water partition coefficient (Wildman–Crippen LogP) is 4.77. The summed E-state index contributed by atoms with van der Waals surface area (Å²) < 4.78 is 13.4. The second-order valence-corrected chi connectivity index (χ2v) is 9.59. The first-order valence-electron chi connectivity index (χ1n) is 10.6. The molecule has 31 heavy (non-hydrogen) atoms. The minimum absolute atomic E-state index is 0.0311. The number of amidine groups is 1. The molecule has 3 unspecified atom stereocenters. The highest BCUT2D eigenvalue weighted by Crippen LogP contribution is 2.40. The monoisotopic (exact) mass is 458 g/mol. The molecule has 0 spiro atoms. The molecule has 3 aliphatic rings. The van der Waals surface area contributed by atoms with E-state index in [-0.39, 0.29) is 30.0 Å². The van der Waals surface area contributed by atoms with E-state index in [0.717, 1.165) is 47.0 Å². The zero-order valence-electron chi connectivity index (χ0n) is 17.0. The summed E-state index contributed by atoms with van der Waals surface area (Å²) in [7, 11) is 0. The van der Waals surface area contributed by atoms with Crippen molar-refractivity contribution >= 4 is 34.4 Å². The Morgan fingerprint density at radius 2 is 1.90 bits per heavy atom. The van der Waals surface area contributed by atoms with E-state index in [2.05, 4.69) is 15.4 Å². The first-order chi connectivity index (χ1) is 15.1. The highest BCUT2D eigenvalue weighted by Gasteiger charge is 2.50. The topological polar surface area (TPSA) is 47.9 Å². The van der Waals surface area contributed by atoms with Gasteiger partial charge in [0, 0.05) is 23.4 Å². The fourth-order valence-electron chi connectivity index (χ4n) is 4.76. The Morgan fingerprint density at radius 3 is 2.71 bits per heavy atom. The summed E-state index contributed by atoms with van der Waals surface area (Å²) >= 11 is 7.99. The van der Waals surface area contributed by atoms with Gasteiger partial charge in [-0.15, -0.1) is 0 Å². The normalized spacial score (nSPS) is 25.0. The van der Waals surface area contributed by atoms with Gasteiger partial charge < -0.3 is 4.90 Å². The minimum atomic E-state index is -0.314. The van der Waals surface area contributed by atoms with Gasteiger partial charge in [-0.05, 0) is 42.2 Å². The molecule has 0 aromatic heterocycles. The van der Waals surface area contributed by atoms with Crippen LogP contribution in [-0.2, 0) is 17.1 Å². The van der Waals surface area contributed by atoms with Crippen LogP contribution in [0.2, 0.25) is 5.02 Å². The van der Waals surface area contributed by atoms with E-state index < -0.39 is 0 Å². The van der Waals surface area contributed by atoms with Gasteiger partial charge in [0.05, 0.1) is 5.92 Å². The van der Waals surface area contributed by atoms with Crippen molar-refractivity contribution in [2.75, 3.05) is 0 Å². The molecule has 1 saturated heterocycles. The minimum Gasteiger partial charge on any atom is -0.307 e. The Labute approximate surface area is 190 Å². The number of rotatable bonds is 4. The lowest BCUT2D eigenvalue weighted by Gasteiger charge is -2.50. The standard InChI is InChI=1S/C23H24ClFN4OS/c24-19-7-3-1-5-16(19)14-31-23-27-26-22-28(13-15-9-11-17(25)12-10-15)21(30)18-6-2-4-8-20(18)29(22)23/h1,3,5,7,9-12,18,20,22,26H,2,4,6,8,13-14H2. The van der Waals surface area contributed by atoms with Crippen LogP contribution in [0, 0.1) is 11.7 Å². The molecule has 5 nitrogen and oxygen atoms in total. The summed E-state index contributed by atoms with van der Waals surface area (Å²) in [6.07, 6.45) is 3.77. The molecule has 1 aliphatic carbocycles. The van der Waals surface area contributed by atoms with Crippen LogP contribution in [0.15, 0.2) is 53.6 Å². The second-order valence-electron chi connectivity index (χ2n) is 8.24. The number of hydrogen-bond donors (Lipinski definition) is 1. The third-order valence-corrected chi connectivity index (χ3v) is 7.71. The molecule has 1 amide bonds. The van der Waals surface area contributed by atoms with E-state index in [4.69, 9.17) is 11.6 Å². The number of nitrogens with zero attached hydrogens (tertiary/aromatic N) is 3. The van der Waals surface area contributed by atoms with Gasteiger partial charge in [-0.2, -0.15) is 5.10 Å². The fraction of sp³-hybridized carbons (Fsp3) is 0.391. The van der Waals surface area contributed by atoms with Gasteiger partial charge in [0.15, 0.2) is 11.5 Å². The smallest absolute Gasteiger partial charge is 0.231 e. The van der Waals surface area contributed by atoms with Crippen LogP contribution in [0.1, 0.15) is 36.8 Å². The van der Waals surface area contributed by atoms with Crippen LogP contribution in [0.4, 0.5) is 4.39 Å². The Kier molecular flexibility index (Phi) is 5.80. The zero-order chi connectivity index (χ0) is 21.4. The van der Waals surface area contributed by atoms with Crippen LogP contribution in [-0.4, -0.2) is 33.2 Å². The summed E-state index contributed by atoms with van der Waals surface area (Å²) in [4.78, 5) is 17.6. The molecule has 1 N–H and O–H groups in total. The summed E-state index contributed by atoms with van der Waals surface area (Å²) in [5, 5.41) is 6.27. The van der Waals surface area contributed by atoms with Crippen molar-refractivity contribution in [2.24, 2.45) is 11.0 Å². The van der Waals surface area contributed by atoms with Gasteiger partial charge in [0.25, 0.3) is 0 Å². The van der Waals surface area contributed by atoms with Crippen molar-refractivity contribution in [1.29, 1.82) is 0 Å². The number of amides is 1. The van der Waals surface area contributed by atoms with Crippen LogP contribution in [0.25, 0.3) is 0 Å². The maximum Gasteiger partial charge on any atom is 0.231 e. The van der Waals surface area contributed by atoms with Crippen molar-refractivity contribution in [3.63, 3.8) is 0 Å². The van der Waals surface area contributed by atoms with E-state index in [1.54, 1.807) is 23.9 Å². The fourth-order valence-corrected chi connectivity index (χ4v) is 6.08. The number of benzene rings is 2. The molecule has 2 aromatic rings. The van der Waals surface area contributed by atoms with Gasteiger partial charge >= 0.3 is 0 Å². The van der Waals surface area contributed by atoms with E-state index >= 15 is 0 Å². The largest absolute Gasteiger partial charge is 0.307 e. The Hall–Kier alpha value is -2.25. The van der Waals surface area contributed by atoms with Crippen molar-refractivity contribution in [1.82, 2.24) is 15.2 Å². The lowest BCUT2D eigenvalue weighted by molar-refractivity contribution is -0.156. The van der Waals surface area contributed by atoms with Gasteiger partial charge in [-0.3, -0.25) is 15.1 Å². The Morgan fingerprint density at radius 1 is 1.13 bits per heavy atom. The molecule has 8 heteroatoms. The Bertz CT molecular complexity index is 1000.